The number of benzene rings is 2. The number of carbonyl (C=O) groups excluding carboxylic acids is 2. The minimum Gasteiger partial charge on any atom is -0.569 e. The van der Waals surface area contributed by atoms with Gasteiger partial charge in [0.2, 0.25) is 11.2 Å². The lowest BCUT2D eigenvalue weighted by Gasteiger charge is -2.14. The van der Waals surface area contributed by atoms with Gasteiger partial charge in [-0.15, -0.1) is 5.01 Å². The molecule has 14 nitrogen and oxygen atoms in total. The average molecular weight is 655 g/mol. The lowest BCUT2D eigenvalue weighted by Crippen LogP contribution is -2.37. The summed E-state index contributed by atoms with van der Waals surface area (Å²) in [7, 11) is -4.38. The Morgan fingerprint density at radius 1 is 1.18 bits per heavy atom. The van der Waals surface area contributed by atoms with Crippen LogP contribution in [-0.2, 0) is 35.3 Å². The van der Waals surface area contributed by atoms with E-state index in [-0.39, 0.29) is 47.4 Å². The summed E-state index contributed by atoms with van der Waals surface area (Å²) >= 11 is 0. The normalized spacial score (nSPS) is 16.3. The molecule has 18 heteroatoms. The predicted molar refractivity (Wildman–Crippen MR) is 148 cm³/mol. The number of amides is 1. The molecule has 4 rings (SSSR count). The van der Waals surface area contributed by atoms with Crippen molar-refractivity contribution in [3.05, 3.63) is 71.1 Å². The largest absolute Gasteiger partial charge is 0.569 e. The van der Waals surface area contributed by atoms with Gasteiger partial charge in [-0.25, -0.2) is 22.6 Å². The van der Waals surface area contributed by atoms with Crippen LogP contribution in [-0.4, -0.2) is 66.2 Å². The highest BCUT2D eigenvalue weighted by Crippen LogP contribution is 2.33. The maximum Gasteiger partial charge on any atom is 0.511 e. The molecule has 242 valence electrons. The van der Waals surface area contributed by atoms with Gasteiger partial charge in [-0.2, -0.15) is 18.3 Å². The summed E-state index contributed by atoms with van der Waals surface area (Å²) < 4.78 is 78.7. The van der Waals surface area contributed by atoms with E-state index in [9.17, 15) is 36.4 Å². The standard InChI is InChI=1S/C27H29F3N6O8S/c1-4-42-26(38)43-18(3)44-33-36(39)34-14-13-20(16-34)25(37)32-45(40,41)22-11-9-21(10-12-22)35-23(15-24(31-35)27(28,29)30)19-7-5-17(2)6-8-19/h5-12,15,18,20H,4,13-14,16H2,1-3H3,(H,32,37). The van der Waals surface area contributed by atoms with E-state index in [1.165, 1.54) is 19.1 Å². The Balaban J connectivity index is 1.42. The fourth-order valence-electron chi connectivity index (χ4n) is 4.27. The van der Waals surface area contributed by atoms with Crippen molar-refractivity contribution in [2.24, 2.45) is 11.2 Å². The van der Waals surface area contributed by atoms with Crippen LogP contribution in [0.2, 0.25) is 0 Å². The van der Waals surface area contributed by atoms with Gasteiger partial charge in [0.1, 0.15) is 0 Å². The minimum absolute atomic E-state index is 0.0450. The molecule has 2 heterocycles. The molecule has 1 aromatic heterocycles. The summed E-state index contributed by atoms with van der Waals surface area (Å²) in [5, 5.41) is 20.3. The molecule has 0 spiro atoms. The van der Waals surface area contributed by atoms with Crippen molar-refractivity contribution < 1.29 is 50.5 Å². The van der Waals surface area contributed by atoms with Gasteiger partial charge in [-0.3, -0.25) is 9.63 Å². The number of aryl methyl sites for hydroxylation is 1. The number of rotatable bonds is 10. The van der Waals surface area contributed by atoms with Crippen molar-refractivity contribution >= 4 is 22.1 Å². The summed E-state index contributed by atoms with van der Waals surface area (Å²) in [6.45, 7) is 4.63. The molecule has 1 aliphatic heterocycles. The Morgan fingerprint density at radius 2 is 1.84 bits per heavy atom. The third kappa shape index (κ3) is 8.20. The quantitative estimate of drug-likeness (QED) is 0.109. The zero-order chi connectivity index (χ0) is 32.9. The first kappa shape index (κ1) is 33.0. The number of hydrogen-bond donors (Lipinski definition) is 1. The molecule has 0 radical (unpaired) electrons. The number of carbonyl (C=O) groups is 2. The number of hydrogen-bond acceptors (Lipinski definition) is 10. The molecule has 1 amide bonds. The van der Waals surface area contributed by atoms with Crippen LogP contribution in [0.4, 0.5) is 18.0 Å². The van der Waals surface area contributed by atoms with Crippen molar-refractivity contribution in [1.29, 1.82) is 0 Å². The first-order valence-electron chi connectivity index (χ1n) is 13.5. The van der Waals surface area contributed by atoms with Crippen molar-refractivity contribution in [2.75, 3.05) is 19.7 Å². The number of halogens is 3. The highest BCUT2D eigenvalue weighted by molar-refractivity contribution is 7.90. The molecule has 3 aromatic rings. The third-order valence-electron chi connectivity index (χ3n) is 6.54. The molecule has 1 fully saturated rings. The molecular formula is C27H29F3N6O8S. The van der Waals surface area contributed by atoms with E-state index in [4.69, 9.17) is 9.57 Å². The van der Waals surface area contributed by atoms with E-state index in [1.807, 2.05) is 11.6 Å². The SMILES string of the molecule is CCOC(=O)OC(C)ON=[N+]([O-])N1CCC(C(=O)NS(=O)(=O)c2ccc(-n3nc(C(F)(F)F)cc3-c3ccc(C)cc3)cc2)C1. The van der Waals surface area contributed by atoms with Crippen LogP contribution in [0.15, 0.2) is 64.8 Å². The number of aromatic nitrogens is 2. The Morgan fingerprint density at radius 3 is 2.47 bits per heavy atom. The average Bonchev–Trinajstić information content (AvgIpc) is 3.65. The molecule has 0 saturated carbocycles. The van der Waals surface area contributed by atoms with Gasteiger partial charge in [0.15, 0.2) is 5.69 Å². The van der Waals surface area contributed by atoms with E-state index in [1.54, 1.807) is 31.2 Å². The van der Waals surface area contributed by atoms with E-state index >= 15 is 0 Å². The van der Waals surface area contributed by atoms with E-state index < -0.39 is 46.2 Å². The molecule has 2 unspecified atom stereocenters. The van der Waals surface area contributed by atoms with Crippen molar-refractivity contribution in [1.82, 2.24) is 19.5 Å². The summed E-state index contributed by atoms with van der Waals surface area (Å²) in [4.78, 5) is 28.6. The number of hydrazine groups is 1. The molecule has 45 heavy (non-hydrogen) atoms. The van der Waals surface area contributed by atoms with Gasteiger partial charge in [-0.05, 0) is 50.6 Å². The predicted octanol–water partition coefficient (Wildman–Crippen LogP) is 4.32. The lowest BCUT2D eigenvalue weighted by atomic mass is 10.1. The number of alkyl halides is 3. The second kappa shape index (κ2) is 13.4. The zero-order valence-corrected chi connectivity index (χ0v) is 25.0. The van der Waals surface area contributed by atoms with Gasteiger partial charge in [0, 0.05) is 12.5 Å². The first-order valence-corrected chi connectivity index (χ1v) is 15.0. The topological polar surface area (TPSA) is 167 Å². The molecule has 0 bridgehead atoms. The lowest BCUT2D eigenvalue weighted by molar-refractivity contribution is -0.709. The van der Waals surface area contributed by atoms with Crippen LogP contribution in [0.25, 0.3) is 16.9 Å². The van der Waals surface area contributed by atoms with E-state index in [0.29, 0.717) is 5.56 Å². The Kier molecular flexibility index (Phi) is 9.84. The van der Waals surface area contributed by atoms with E-state index in [2.05, 4.69) is 15.1 Å². The van der Waals surface area contributed by atoms with Crippen molar-refractivity contribution in [3.63, 3.8) is 0 Å². The summed E-state index contributed by atoms with van der Waals surface area (Å²) in [5.41, 5.74) is 0.547. The summed E-state index contributed by atoms with van der Waals surface area (Å²) in [6.07, 6.45) is -6.86. The molecule has 2 aromatic carbocycles. The third-order valence-corrected chi connectivity index (χ3v) is 7.91. The van der Waals surface area contributed by atoms with Gasteiger partial charge in [0.05, 0.1) is 46.9 Å². The number of nitrogens with one attached hydrogen (secondary N) is 1. The Hall–Kier alpha value is -4.87. The first-order chi connectivity index (χ1) is 21.2. The zero-order valence-electron chi connectivity index (χ0n) is 24.2. The number of nitrogens with zero attached hydrogens (tertiary/aromatic N) is 5. The van der Waals surface area contributed by atoms with E-state index in [0.717, 1.165) is 33.5 Å². The van der Waals surface area contributed by atoms with Gasteiger partial charge in [0.25, 0.3) is 16.3 Å². The fourth-order valence-corrected chi connectivity index (χ4v) is 5.31. The second-order valence-electron chi connectivity index (χ2n) is 9.86. The highest BCUT2D eigenvalue weighted by Gasteiger charge is 2.36. The molecule has 1 saturated heterocycles. The highest BCUT2D eigenvalue weighted by atomic mass is 32.2. The van der Waals surface area contributed by atoms with Crippen LogP contribution >= 0.6 is 0 Å². The summed E-state index contributed by atoms with van der Waals surface area (Å²) in [6, 6.07) is 12.5. The Bertz CT molecular complexity index is 1660. The molecule has 1 N–H and O–H groups in total. The fraction of sp³-hybridized carbons (Fsp3) is 0.370. The number of ether oxygens (including phenoxy) is 2. The van der Waals surface area contributed by atoms with Crippen molar-refractivity contribution in [2.45, 2.75) is 44.6 Å². The molecule has 1 aliphatic rings. The van der Waals surface area contributed by atoms with Gasteiger partial charge < -0.3 is 14.7 Å². The number of sulfonamides is 1. The maximum atomic E-state index is 13.5. The van der Waals surface area contributed by atoms with Crippen LogP contribution in [0.3, 0.4) is 0 Å². The van der Waals surface area contributed by atoms with Gasteiger partial charge >= 0.3 is 12.3 Å². The molecular weight excluding hydrogens is 625 g/mol. The van der Waals surface area contributed by atoms with Crippen LogP contribution < -0.4 is 4.72 Å². The molecule has 2 atom stereocenters. The monoisotopic (exact) mass is 654 g/mol. The second-order valence-corrected chi connectivity index (χ2v) is 11.5. The maximum absolute atomic E-state index is 13.5. The van der Waals surface area contributed by atoms with Crippen molar-refractivity contribution in [3.8, 4) is 16.9 Å². The smallest absolute Gasteiger partial charge is 0.511 e. The van der Waals surface area contributed by atoms with Gasteiger partial charge in [-0.1, -0.05) is 29.8 Å². The minimum atomic E-state index is -4.71. The van der Waals surface area contributed by atoms with Crippen LogP contribution in [0.1, 0.15) is 31.5 Å². The Labute approximate surface area is 255 Å². The molecule has 0 aliphatic carbocycles. The van der Waals surface area contributed by atoms with Crippen LogP contribution in [0, 0.1) is 18.0 Å². The van der Waals surface area contributed by atoms with Crippen LogP contribution in [0.5, 0.6) is 0 Å². The summed E-state index contributed by atoms with van der Waals surface area (Å²) in [5.74, 6) is -1.78.